The van der Waals surface area contributed by atoms with Crippen molar-refractivity contribution in [3.05, 3.63) is 0 Å². The summed E-state index contributed by atoms with van der Waals surface area (Å²) in [6.45, 7) is 2.87. The Hall–Kier alpha value is -0.280. The van der Waals surface area contributed by atoms with E-state index in [1.165, 1.54) is 13.8 Å². The van der Waals surface area contributed by atoms with Crippen LogP contribution < -0.4 is 0 Å². The maximum absolute atomic E-state index is 10.4. The number of hydrogen-bond donors (Lipinski definition) is 2. The van der Waals surface area contributed by atoms with Crippen LogP contribution in [0.15, 0.2) is 0 Å². The molecule has 1 unspecified atom stereocenters. The summed E-state index contributed by atoms with van der Waals surface area (Å²) in [4.78, 5) is 10.4. The van der Waals surface area contributed by atoms with Crippen molar-refractivity contribution >= 4 is 17.6 Å². The monoisotopic (exact) mass is 166 g/mol. The Kier molecular flexibility index (Phi) is 3.12. The molecule has 0 saturated carbocycles. The minimum Gasteiger partial charge on any atom is -0.481 e. The molecule has 0 aromatic heterocycles. The maximum Gasteiger partial charge on any atom is 0.311 e. The van der Waals surface area contributed by atoms with Gasteiger partial charge in [-0.2, -0.15) is 0 Å². The van der Waals surface area contributed by atoms with Gasteiger partial charge in [0.25, 0.3) is 0 Å². The quantitative estimate of drug-likeness (QED) is 0.607. The first-order valence-corrected chi connectivity index (χ1v) is 3.43. The summed E-state index contributed by atoms with van der Waals surface area (Å²) < 4.78 is 0. The lowest BCUT2D eigenvalue weighted by Gasteiger charge is -2.23. The number of rotatable bonds is 3. The highest BCUT2D eigenvalue weighted by molar-refractivity contribution is 6.18. The molecule has 0 aliphatic heterocycles. The normalized spacial score (nSPS) is 14.8. The third-order valence-corrected chi connectivity index (χ3v) is 1.82. The molecule has 60 valence electrons. The molecule has 4 heteroatoms. The van der Waals surface area contributed by atoms with Crippen molar-refractivity contribution in [2.45, 2.75) is 20.0 Å². The number of hydrogen-bond acceptors (Lipinski definition) is 2. The van der Waals surface area contributed by atoms with Gasteiger partial charge in [-0.1, -0.05) is 0 Å². The van der Waals surface area contributed by atoms with E-state index in [1.54, 1.807) is 0 Å². The van der Waals surface area contributed by atoms with Crippen LogP contribution in [0.25, 0.3) is 0 Å². The molecule has 2 N–H and O–H groups in total. The molecule has 10 heavy (non-hydrogen) atoms. The van der Waals surface area contributed by atoms with Crippen molar-refractivity contribution in [3.8, 4) is 0 Å². The van der Waals surface area contributed by atoms with Gasteiger partial charge in [0.1, 0.15) is 0 Å². The average Bonchev–Trinajstić information content (AvgIpc) is 1.86. The molecule has 1 atom stereocenters. The number of halogens is 1. The van der Waals surface area contributed by atoms with E-state index in [-0.39, 0.29) is 5.88 Å². The molecule has 0 aliphatic rings. The van der Waals surface area contributed by atoms with Crippen LogP contribution in [0, 0.1) is 5.41 Å². The second-order valence-corrected chi connectivity index (χ2v) is 3.01. The second-order valence-electron chi connectivity index (χ2n) is 2.70. The van der Waals surface area contributed by atoms with Crippen molar-refractivity contribution in [2.75, 3.05) is 5.88 Å². The number of carboxylic acid groups (broad SMARTS) is 1. The van der Waals surface area contributed by atoms with Crippen molar-refractivity contribution < 1.29 is 15.0 Å². The summed E-state index contributed by atoms with van der Waals surface area (Å²) in [6.07, 6.45) is -0.994. The number of aliphatic carboxylic acids is 1. The van der Waals surface area contributed by atoms with Gasteiger partial charge in [-0.25, -0.2) is 0 Å². The number of carbonyl (C=O) groups is 1. The van der Waals surface area contributed by atoms with Crippen LogP contribution in [0.1, 0.15) is 13.8 Å². The molecule has 0 aromatic rings. The average molecular weight is 167 g/mol. The molecule has 3 nitrogen and oxygen atoms in total. The van der Waals surface area contributed by atoms with Crippen LogP contribution in [0.3, 0.4) is 0 Å². The van der Waals surface area contributed by atoms with E-state index in [0.29, 0.717) is 0 Å². The Labute approximate surface area is 64.6 Å². The van der Waals surface area contributed by atoms with Crippen molar-refractivity contribution in [1.29, 1.82) is 0 Å². The van der Waals surface area contributed by atoms with Gasteiger partial charge in [0.2, 0.25) is 0 Å². The summed E-state index contributed by atoms with van der Waals surface area (Å²) in [7, 11) is 0. The third-order valence-electron chi connectivity index (χ3n) is 1.53. The molecule has 0 aliphatic carbocycles. The Balaban J connectivity index is 4.23. The summed E-state index contributed by atoms with van der Waals surface area (Å²) in [5, 5.41) is 17.6. The van der Waals surface area contributed by atoms with E-state index in [1.807, 2.05) is 0 Å². The molecule has 0 fully saturated rings. The fourth-order valence-electron chi connectivity index (χ4n) is 0.335. The van der Waals surface area contributed by atoms with Crippen LogP contribution in [0.5, 0.6) is 0 Å². The van der Waals surface area contributed by atoms with Crippen LogP contribution in [0.4, 0.5) is 0 Å². The van der Waals surface area contributed by atoms with E-state index in [2.05, 4.69) is 0 Å². The summed E-state index contributed by atoms with van der Waals surface area (Å²) in [5.74, 6) is -1.10. The standard InChI is InChI=1S/C6H11ClO3/c1-6(2,5(9)10)4(8)3-7/h4,8H,3H2,1-2H3,(H,9,10). The van der Waals surface area contributed by atoms with E-state index < -0.39 is 17.5 Å². The number of alkyl halides is 1. The van der Waals surface area contributed by atoms with Gasteiger partial charge < -0.3 is 10.2 Å². The van der Waals surface area contributed by atoms with Gasteiger partial charge >= 0.3 is 5.97 Å². The molecule has 0 heterocycles. The zero-order valence-electron chi connectivity index (χ0n) is 5.97. The molecule has 0 amide bonds. The number of aliphatic hydroxyl groups excluding tert-OH is 1. The highest BCUT2D eigenvalue weighted by atomic mass is 35.5. The second kappa shape index (κ2) is 3.21. The molecular formula is C6H11ClO3. The zero-order valence-corrected chi connectivity index (χ0v) is 6.72. The molecule has 0 saturated heterocycles. The van der Waals surface area contributed by atoms with Crippen LogP contribution >= 0.6 is 11.6 Å². The van der Waals surface area contributed by atoms with Gasteiger partial charge in [0.15, 0.2) is 0 Å². The molecule has 0 aromatic carbocycles. The van der Waals surface area contributed by atoms with Crippen molar-refractivity contribution in [2.24, 2.45) is 5.41 Å². The van der Waals surface area contributed by atoms with Crippen molar-refractivity contribution in [1.82, 2.24) is 0 Å². The lowest BCUT2D eigenvalue weighted by Crippen LogP contribution is -2.38. The van der Waals surface area contributed by atoms with Crippen LogP contribution in [-0.4, -0.2) is 28.2 Å². The van der Waals surface area contributed by atoms with Gasteiger partial charge in [-0.15, -0.1) is 11.6 Å². The highest BCUT2D eigenvalue weighted by Gasteiger charge is 2.34. The number of carboxylic acids is 1. The summed E-state index contributed by atoms with van der Waals surface area (Å²) >= 11 is 5.27. The van der Waals surface area contributed by atoms with E-state index in [9.17, 15) is 4.79 Å². The minimum absolute atomic E-state index is 0.0562. The third kappa shape index (κ3) is 1.85. The fourth-order valence-corrected chi connectivity index (χ4v) is 0.721. The Morgan fingerprint density at radius 3 is 2.20 bits per heavy atom. The van der Waals surface area contributed by atoms with Gasteiger partial charge in [0, 0.05) is 5.88 Å². The topological polar surface area (TPSA) is 57.5 Å². The van der Waals surface area contributed by atoms with Crippen molar-refractivity contribution in [3.63, 3.8) is 0 Å². The molecular weight excluding hydrogens is 156 g/mol. The lowest BCUT2D eigenvalue weighted by atomic mass is 9.88. The molecule has 0 radical (unpaired) electrons. The minimum atomic E-state index is -1.15. The van der Waals surface area contributed by atoms with E-state index in [0.717, 1.165) is 0 Å². The summed E-state index contributed by atoms with van der Waals surface area (Å²) in [5.41, 5.74) is -1.15. The van der Waals surface area contributed by atoms with Gasteiger partial charge in [-0.3, -0.25) is 4.79 Å². The maximum atomic E-state index is 10.4. The first-order chi connectivity index (χ1) is 4.42. The lowest BCUT2D eigenvalue weighted by molar-refractivity contribution is -0.152. The predicted octanol–water partition coefficient (Wildman–Crippen LogP) is 0.697. The molecule has 0 spiro atoms. The van der Waals surface area contributed by atoms with Gasteiger partial charge in [-0.05, 0) is 13.8 Å². The van der Waals surface area contributed by atoms with Gasteiger partial charge in [0.05, 0.1) is 11.5 Å². The Morgan fingerprint density at radius 1 is 1.70 bits per heavy atom. The van der Waals surface area contributed by atoms with Crippen LogP contribution in [0.2, 0.25) is 0 Å². The SMILES string of the molecule is CC(C)(C(=O)O)C(O)CCl. The molecule has 0 rings (SSSR count). The van der Waals surface area contributed by atoms with E-state index >= 15 is 0 Å². The fraction of sp³-hybridized carbons (Fsp3) is 0.833. The van der Waals surface area contributed by atoms with E-state index in [4.69, 9.17) is 21.8 Å². The smallest absolute Gasteiger partial charge is 0.311 e. The zero-order chi connectivity index (χ0) is 8.36. The Morgan fingerprint density at radius 2 is 2.10 bits per heavy atom. The largest absolute Gasteiger partial charge is 0.481 e. The molecule has 0 bridgehead atoms. The number of aliphatic hydroxyl groups is 1. The van der Waals surface area contributed by atoms with Crippen LogP contribution in [-0.2, 0) is 4.79 Å². The predicted molar refractivity (Wildman–Crippen MR) is 38.1 cm³/mol. The first-order valence-electron chi connectivity index (χ1n) is 2.90. The highest BCUT2D eigenvalue weighted by Crippen LogP contribution is 2.21. The Bertz CT molecular complexity index is 133. The first kappa shape index (κ1) is 9.72. The summed E-state index contributed by atoms with van der Waals surface area (Å²) in [6, 6.07) is 0.